The number of nitrogens with one attached hydrogen (secondary N) is 1. The highest BCUT2D eigenvalue weighted by molar-refractivity contribution is 5.68. The number of rotatable bonds is 7. The molecule has 0 spiro atoms. The van der Waals surface area contributed by atoms with Gasteiger partial charge in [0.2, 0.25) is 0 Å². The van der Waals surface area contributed by atoms with Gasteiger partial charge in [0.05, 0.1) is 7.11 Å². The molecule has 0 aliphatic heterocycles. The van der Waals surface area contributed by atoms with E-state index in [9.17, 15) is 9.90 Å². The lowest BCUT2D eigenvalue weighted by molar-refractivity contribution is 0.0231. The van der Waals surface area contributed by atoms with Crippen molar-refractivity contribution in [2.45, 2.75) is 39.3 Å². The van der Waals surface area contributed by atoms with E-state index < -0.39 is 5.60 Å². The second-order valence-electron chi connectivity index (χ2n) is 6.37. The standard InChI is InChI=1S/C17H28N2O4/c1-17(2,3)23-16(21)19(10-6-9-18-4)12-13-7-8-15(22-5)14(20)11-13/h7-8,11,18,20H,6,9-10,12H2,1-5H3. The zero-order valence-electron chi connectivity index (χ0n) is 14.7. The molecule has 0 atom stereocenters. The number of nitrogens with zero attached hydrogens (tertiary/aromatic N) is 1. The summed E-state index contributed by atoms with van der Waals surface area (Å²) >= 11 is 0. The molecule has 0 fully saturated rings. The van der Waals surface area contributed by atoms with Crippen molar-refractivity contribution in [2.24, 2.45) is 0 Å². The summed E-state index contributed by atoms with van der Waals surface area (Å²) in [6.07, 6.45) is 0.460. The number of aromatic hydroxyl groups is 1. The number of hydrogen-bond acceptors (Lipinski definition) is 5. The quantitative estimate of drug-likeness (QED) is 0.755. The van der Waals surface area contributed by atoms with E-state index in [1.54, 1.807) is 17.0 Å². The zero-order chi connectivity index (χ0) is 17.5. The molecule has 0 aliphatic carbocycles. The van der Waals surface area contributed by atoms with Gasteiger partial charge in [-0.15, -0.1) is 0 Å². The van der Waals surface area contributed by atoms with Crippen molar-refractivity contribution >= 4 is 6.09 Å². The molecule has 1 aromatic carbocycles. The lowest BCUT2D eigenvalue weighted by Crippen LogP contribution is -2.37. The van der Waals surface area contributed by atoms with Crippen LogP contribution in [0.1, 0.15) is 32.8 Å². The molecular formula is C17H28N2O4. The van der Waals surface area contributed by atoms with E-state index >= 15 is 0 Å². The summed E-state index contributed by atoms with van der Waals surface area (Å²) in [5, 5.41) is 12.9. The van der Waals surface area contributed by atoms with Gasteiger partial charge in [0.25, 0.3) is 0 Å². The largest absolute Gasteiger partial charge is 0.504 e. The Morgan fingerprint density at radius 3 is 2.57 bits per heavy atom. The van der Waals surface area contributed by atoms with Crippen LogP contribution in [0, 0.1) is 0 Å². The smallest absolute Gasteiger partial charge is 0.410 e. The van der Waals surface area contributed by atoms with Gasteiger partial charge >= 0.3 is 6.09 Å². The number of carbonyl (C=O) groups excluding carboxylic acids is 1. The van der Waals surface area contributed by atoms with Crippen molar-refractivity contribution < 1.29 is 19.4 Å². The summed E-state index contributed by atoms with van der Waals surface area (Å²) in [5.41, 5.74) is 0.277. The minimum Gasteiger partial charge on any atom is -0.504 e. The van der Waals surface area contributed by atoms with E-state index in [4.69, 9.17) is 9.47 Å². The van der Waals surface area contributed by atoms with Crippen molar-refractivity contribution in [3.8, 4) is 11.5 Å². The van der Waals surface area contributed by atoms with E-state index in [1.165, 1.54) is 7.11 Å². The third kappa shape index (κ3) is 6.78. The molecule has 6 nitrogen and oxygen atoms in total. The molecule has 0 unspecified atom stereocenters. The number of phenols is 1. The van der Waals surface area contributed by atoms with Gasteiger partial charge in [0.1, 0.15) is 5.60 Å². The van der Waals surface area contributed by atoms with Crippen molar-refractivity contribution in [1.29, 1.82) is 0 Å². The molecule has 1 aromatic rings. The predicted octanol–water partition coefficient (Wildman–Crippen LogP) is 2.75. The highest BCUT2D eigenvalue weighted by atomic mass is 16.6. The van der Waals surface area contributed by atoms with Crippen molar-refractivity contribution in [3.63, 3.8) is 0 Å². The summed E-state index contributed by atoms with van der Waals surface area (Å²) in [4.78, 5) is 14.0. The van der Waals surface area contributed by atoms with Gasteiger partial charge in [-0.05, 0) is 58.5 Å². The molecule has 6 heteroatoms. The van der Waals surface area contributed by atoms with Crippen LogP contribution in [0.4, 0.5) is 4.79 Å². The molecule has 0 aliphatic rings. The Bertz CT molecular complexity index is 512. The van der Waals surface area contributed by atoms with E-state index in [1.807, 2.05) is 33.9 Å². The lowest BCUT2D eigenvalue weighted by atomic mass is 10.2. The highest BCUT2D eigenvalue weighted by Crippen LogP contribution is 2.27. The molecule has 1 amide bonds. The average Bonchev–Trinajstić information content (AvgIpc) is 2.44. The number of carbonyl (C=O) groups is 1. The fourth-order valence-corrected chi connectivity index (χ4v) is 2.06. The molecule has 2 N–H and O–H groups in total. The third-order valence-electron chi connectivity index (χ3n) is 3.12. The van der Waals surface area contributed by atoms with Crippen LogP contribution in [0.25, 0.3) is 0 Å². The number of methoxy groups -OCH3 is 1. The summed E-state index contributed by atoms with van der Waals surface area (Å²) in [6.45, 7) is 7.29. The van der Waals surface area contributed by atoms with E-state index in [-0.39, 0.29) is 11.8 Å². The second-order valence-corrected chi connectivity index (χ2v) is 6.37. The molecule has 1 rings (SSSR count). The van der Waals surface area contributed by atoms with E-state index in [0.29, 0.717) is 18.8 Å². The summed E-state index contributed by atoms with van der Waals surface area (Å²) in [6, 6.07) is 5.12. The second kappa shape index (κ2) is 8.62. The Labute approximate surface area is 138 Å². The minimum absolute atomic E-state index is 0.0596. The molecule has 0 heterocycles. The van der Waals surface area contributed by atoms with E-state index in [0.717, 1.165) is 18.5 Å². The Morgan fingerprint density at radius 2 is 2.04 bits per heavy atom. The lowest BCUT2D eigenvalue weighted by Gasteiger charge is -2.27. The SMILES string of the molecule is CNCCCN(Cc1ccc(OC)c(O)c1)C(=O)OC(C)(C)C. The molecule has 0 bridgehead atoms. The van der Waals surface area contributed by atoms with Crippen LogP contribution in [0.3, 0.4) is 0 Å². The summed E-state index contributed by atoms with van der Waals surface area (Å²) in [5.74, 6) is 0.470. The normalized spacial score (nSPS) is 11.2. The first-order valence-electron chi connectivity index (χ1n) is 7.75. The molecule has 0 saturated carbocycles. The van der Waals surface area contributed by atoms with Gasteiger partial charge < -0.3 is 24.8 Å². The van der Waals surface area contributed by atoms with Crippen LogP contribution >= 0.6 is 0 Å². The number of ether oxygens (including phenoxy) is 2. The molecular weight excluding hydrogens is 296 g/mol. The Kier molecular flexibility index (Phi) is 7.16. The van der Waals surface area contributed by atoms with Crippen LogP contribution in [-0.4, -0.2) is 48.9 Å². The predicted molar refractivity (Wildman–Crippen MR) is 89.8 cm³/mol. The first kappa shape index (κ1) is 19.1. The number of benzene rings is 1. The molecule has 0 radical (unpaired) electrons. The Balaban J connectivity index is 2.82. The fraction of sp³-hybridized carbons (Fsp3) is 0.588. The summed E-state index contributed by atoms with van der Waals surface area (Å²) in [7, 11) is 3.37. The van der Waals surface area contributed by atoms with Crippen LogP contribution in [0.15, 0.2) is 18.2 Å². The third-order valence-corrected chi connectivity index (χ3v) is 3.12. The molecule has 23 heavy (non-hydrogen) atoms. The fourth-order valence-electron chi connectivity index (χ4n) is 2.06. The van der Waals surface area contributed by atoms with Crippen LogP contribution < -0.4 is 10.1 Å². The van der Waals surface area contributed by atoms with Gasteiger partial charge in [-0.1, -0.05) is 6.07 Å². The van der Waals surface area contributed by atoms with Crippen LogP contribution in [0.5, 0.6) is 11.5 Å². The van der Waals surface area contributed by atoms with Crippen molar-refractivity contribution in [2.75, 3.05) is 27.2 Å². The molecule has 130 valence electrons. The molecule has 0 saturated heterocycles. The van der Waals surface area contributed by atoms with Gasteiger partial charge in [-0.25, -0.2) is 4.79 Å². The van der Waals surface area contributed by atoms with E-state index in [2.05, 4.69) is 5.32 Å². The Morgan fingerprint density at radius 1 is 1.35 bits per heavy atom. The van der Waals surface area contributed by atoms with Crippen molar-refractivity contribution in [3.05, 3.63) is 23.8 Å². The van der Waals surface area contributed by atoms with Gasteiger partial charge in [-0.2, -0.15) is 0 Å². The number of amides is 1. The zero-order valence-corrected chi connectivity index (χ0v) is 14.7. The van der Waals surface area contributed by atoms with Crippen LogP contribution in [-0.2, 0) is 11.3 Å². The number of phenolic OH excluding ortho intramolecular Hbond substituents is 1. The maximum atomic E-state index is 12.4. The number of hydrogen-bond donors (Lipinski definition) is 2. The first-order chi connectivity index (χ1) is 10.8. The highest BCUT2D eigenvalue weighted by Gasteiger charge is 2.22. The van der Waals surface area contributed by atoms with Gasteiger partial charge in [-0.3, -0.25) is 0 Å². The summed E-state index contributed by atoms with van der Waals surface area (Å²) < 4.78 is 10.5. The van der Waals surface area contributed by atoms with Crippen LogP contribution in [0.2, 0.25) is 0 Å². The minimum atomic E-state index is -0.541. The Hall–Kier alpha value is -1.95. The first-order valence-corrected chi connectivity index (χ1v) is 7.75. The average molecular weight is 324 g/mol. The topological polar surface area (TPSA) is 71.0 Å². The monoisotopic (exact) mass is 324 g/mol. The maximum Gasteiger partial charge on any atom is 0.410 e. The van der Waals surface area contributed by atoms with Gasteiger partial charge in [0.15, 0.2) is 11.5 Å². The molecule has 0 aromatic heterocycles. The van der Waals surface area contributed by atoms with Crippen molar-refractivity contribution in [1.82, 2.24) is 10.2 Å². The van der Waals surface area contributed by atoms with Gasteiger partial charge in [0, 0.05) is 13.1 Å². The maximum absolute atomic E-state index is 12.4.